The monoisotopic (exact) mass is 174 g/mol. The first kappa shape index (κ1) is 9.83. The molecule has 0 heterocycles. The van der Waals surface area contributed by atoms with Crippen molar-refractivity contribution in [3.63, 3.8) is 0 Å². The summed E-state index contributed by atoms with van der Waals surface area (Å²) >= 11 is 0. The van der Waals surface area contributed by atoms with E-state index in [9.17, 15) is 0 Å². The predicted octanol–water partition coefficient (Wildman–Crippen LogP) is 1.74. The summed E-state index contributed by atoms with van der Waals surface area (Å²) < 4.78 is 0.889. The third-order valence-corrected chi connectivity index (χ3v) is 1.56. The Labute approximate surface area is 80.6 Å². The smallest absolute Gasteiger partial charge is 0.140 e. The Hall–Kier alpha value is -1.26. The van der Waals surface area contributed by atoms with Crippen molar-refractivity contribution in [3.05, 3.63) is 35.9 Å². The summed E-state index contributed by atoms with van der Waals surface area (Å²) in [6, 6.07) is 10.1. The van der Waals surface area contributed by atoms with Crippen LogP contribution in [0.1, 0.15) is 5.56 Å². The number of nitrogens with zero attached hydrogens (tertiary/aromatic N) is 1. The lowest BCUT2D eigenvalue weighted by Gasteiger charge is -2.19. The van der Waals surface area contributed by atoms with E-state index in [-0.39, 0.29) is 0 Å². The highest BCUT2D eigenvalue weighted by molar-refractivity contribution is 5.33. The van der Waals surface area contributed by atoms with Crippen molar-refractivity contribution in [2.75, 3.05) is 27.7 Å². The van der Waals surface area contributed by atoms with Crippen LogP contribution in [0.15, 0.2) is 30.3 Å². The van der Waals surface area contributed by atoms with Gasteiger partial charge in [-0.05, 0) is 18.1 Å². The summed E-state index contributed by atoms with van der Waals surface area (Å²) in [6.45, 7) is 0.884. The fourth-order valence-corrected chi connectivity index (χ4v) is 0.900. The molecule has 1 aromatic rings. The second-order valence-corrected chi connectivity index (χ2v) is 4.12. The third kappa shape index (κ3) is 4.35. The Morgan fingerprint density at radius 1 is 1.08 bits per heavy atom. The fraction of sp³-hybridized carbons (Fsp3) is 0.333. The van der Waals surface area contributed by atoms with Gasteiger partial charge in [0, 0.05) is 5.56 Å². The highest BCUT2D eigenvalue weighted by Gasteiger charge is 2.01. The van der Waals surface area contributed by atoms with Crippen molar-refractivity contribution < 1.29 is 4.48 Å². The molecule has 0 N–H and O–H groups in total. The largest absolute Gasteiger partial charge is 0.321 e. The Balaban J connectivity index is 2.59. The summed E-state index contributed by atoms with van der Waals surface area (Å²) in [5.41, 5.74) is 1.09. The molecule has 1 rings (SSSR count). The number of benzene rings is 1. The lowest BCUT2D eigenvalue weighted by molar-refractivity contribution is -0.862. The predicted molar refractivity (Wildman–Crippen MR) is 56.2 cm³/mol. The molecule has 0 aromatic heterocycles. The minimum Gasteiger partial charge on any atom is -0.321 e. The van der Waals surface area contributed by atoms with Gasteiger partial charge in [-0.1, -0.05) is 24.1 Å². The zero-order chi connectivity index (χ0) is 9.73. The van der Waals surface area contributed by atoms with Crippen LogP contribution in [0.25, 0.3) is 0 Å². The molecule has 0 aliphatic carbocycles. The molecule has 0 aliphatic heterocycles. The first-order chi connectivity index (χ1) is 6.08. The standard InChI is InChI=1S/C12H16N/c1-13(2,3)11-7-10-12-8-5-4-6-9-12/h4-6,8-9H,11H2,1-3H3/q+1. The van der Waals surface area contributed by atoms with Gasteiger partial charge in [0.2, 0.25) is 0 Å². The normalized spacial score (nSPS) is 10.4. The van der Waals surface area contributed by atoms with Crippen LogP contribution in [-0.4, -0.2) is 32.2 Å². The summed E-state index contributed by atoms with van der Waals surface area (Å²) in [5.74, 6) is 6.30. The highest BCUT2D eigenvalue weighted by Crippen LogP contribution is 1.95. The number of quaternary nitrogens is 1. The topological polar surface area (TPSA) is 0 Å². The molecule has 1 heteroatoms. The summed E-state index contributed by atoms with van der Waals surface area (Å²) in [7, 11) is 6.42. The second kappa shape index (κ2) is 4.11. The van der Waals surface area contributed by atoms with Crippen LogP contribution in [0, 0.1) is 11.8 Å². The fourth-order valence-electron chi connectivity index (χ4n) is 0.900. The third-order valence-electron chi connectivity index (χ3n) is 1.56. The number of hydrogen-bond donors (Lipinski definition) is 0. The zero-order valence-electron chi connectivity index (χ0n) is 8.54. The van der Waals surface area contributed by atoms with Gasteiger partial charge in [-0.3, -0.25) is 0 Å². The quantitative estimate of drug-likeness (QED) is 0.449. The van der Waals surface area contributed by atoms with Crippen molar-refractivity contribution in [3.8, 4) is 11.8 Å². The SMILES string of the molecule is C[N+](C)(C)CC#Cc1ccccc1. The first-order valence-electron chi connectivity index (χ1n) is 4.42. The molecule has 0 fully saturated rings. The van der Waals surface area contributed by atoms with Gasteiger partial charge in [0.1, 0.15) is 6.54 Å². The van der Waals surface area contributed by atoms with E-state index in [1.807, 2.05) is 30.3 Å². The van der Waals surface area contributed by atoms with Gasteiger partial charge in [0.15, 0.2) is 0 Å². The summed E-state index contributed by atoms with van der Waals surface area (Å²) in [5, 5.41) is 0. The maximum absolute atomic E-state index is 3.16. The molecule has 68 valence electrons. The van der Waals surface area contributed by atoms with Gasteiger partial charge in [-0.25, -0.2) is 0 Å². The van der Waals surface area contributed by atoms with E-state index >= 15 is 0 Å². The molecular weight excluding hydrogens is 158 g/mol. The molecule has 0 radical (unpaired) electrons. The Morgan fingerprint density at radius 2 is 1.69 bits per heavy atom. The molecule has 0 atom stereocenters. The Bertz CT molecular complexity index is 308. The van der Waals surface area contributed by atoms with E-state index in [4.69, 9.17) is 0 Å². The second-order valence-electron chi connectivity index (χ2n) is 4.12. The Kier molecular flexibility index (Phi) is 3.11. The molecule has 0 aliphatic rings. The van der Waals surface area contributed by atoms with Crippen LogP contribution in [0.4, 0.5) is 0 Å². The average molecular weight is 174 g/mol. The van der Waals surface area contributed by atoms with E-state index < -0.39 is 0 Å². The van der Waals surface area contributed by atoms with Crippen LogP contribution in [0.3, 0.4) is 0 Å². The van der Waals surface area contributed by atoms with Gasteiger partial charge in [-0.2, -0.15) is 0 Å². The Morgan fingerprint density at radius 3 is 2.23 bits per heavy atom. The maximum Gasteiger partial charge on any atom is 0.140 e. The molecule has 0 unspecified atom stereocenters. The minimum absolute atomic E-state index is 0.884. The van der Waals surface area contributed by atoms with E-state index in [0.29, 0.717) is 0 Å². The molecule has 0 saturated heterocycles. The number of hydrogen-bond acceptors (Lipinski definition) is 0. The van der Waals surface area contributed by atoms with Crippen LogP contribution in [0.5, 0.6) is 0 Å². The van der Waals surface area contributed by atoms with Crippen molar-refractivity contribution in [1.82, 2.24) is 0 Å². The zero-order valence-corrected chi connectivity index (χ0v) is 8.54. The van der Waals surface area contributed by atoms with Gasteiger partial charge in [0.25, 0.3) is 0 Å². The van der Waals surface area contributed by atoms with E-state index in [2.05, 4.69) is 33.0 Å². The molecule has 0 bridgehead atoms. The molecule has 0 amide bonds. The average Bonchev–Trinajstić information content (AvgIpc) is 2.04. The van der Waals surface area contributed by atoms with Gasteiger partial charge < -0.3 is 4.48 Å². The molecule has 13 heavy (non-hydrogen) atoms. The minimum atomic E-state index is 0.884. The van der Waals surface area contributed by atoms with Gasteiger partial charge in [0.05, 0.1) is 21.1 Å². The molecule has 1 aromatic carbocycles. The first-order valence-corrected chi connectivity index (χ1v) is 4.42. The lowest BCUT2D eigenvalue weighted by Crippen LogP contribution is -2.34. The van der Waals surface area contributed by atoms with E-state index in [1.54, 1.807) is 0 Å². The van der Waals surface area contributed by atoms with Crippen LogP contribution >= 0.6 is 0 Å². The van der Waals surface area contributed by atoms with Crippen molar-refractivity contribution in [2.24, 2.45) is 0 Å². The van der Waals surface area contributed by atoms with E-state index in [1.165, 1.54) is 0 Å². The van der Waals surface area contributed by atoms with E-state index in [0.717, 1.165) is 16.6 Å². The summed E-state index contributed by atoms with van der Waals surface area (Å²) in [6.07, 6.45) is 0. The molecule has 1 nitrogen and oxygen atoms in total. The molecule has 0 spiro atoms. The van der Waals surface area contributed by atoms with Crippen molar-refractivity contribution in [2.45, 2.75) is 0 Å². The van der Waals surface area contributed by atoms with Crippen molar-refractivity contribution >= 4 is 0 Å². The van der Waals surface area contributed by atoms with Crippen LogP contribution in [0.2, 0.25) is 0 Å². The molecule has 0 saturated carbocycles. The van der Waals surface area contributed by atoms with Crippen molar-refractivity contribution in [1.29, 1.82) is 0 Å². The lowest BCUT2D eigenvalue weighted by atomic mass is 10.2. The number of rotatable bonds is 1. The highest BCUT2D eigenvalue weighted by atomic mass is 15.3. The van der Waals surface area contributed by atoms with Gasteiger partial charge in [-0.15, -0.1) is 0 Å². The van der Waals surface area contributed by atoms with Crippen LogP contribution < -0.4 is 0 Å². The van der Waals surface area contributed by atoms with Gasteiger partial charge >= 0.3 is 0 Å². The maximum atomic E-state index is 3.16. The van der Waals surface area contributed by atoms with Crippen LogP contribution in [-0.2, 0) is 0 Å². The molecular formula is C12H16N+. The summed E-state index contributed by atoms with van der Waals surface area (Å²) in [4.78, 5) is 0.